The Morgan fingerprint density at radius 2 is 1.89 bits per heavy atom. The minimum absolute atomic E-state index is 0.0336. The summed E-state index contributed by atoms with van der Waals surface area (Å²) in [5.74, 6) is 1.26. The van der Waals surface area contributed by atoms with Crippen molar-refractivity contribution in [3.05, 3.63) is 47.9 Å². The maximum atomic E-state index is 12.7. The fourth-order valence-corrected chi connectivity index (χ4v) is 4.89. The summed E-state index contributed by atoms with van der Waals surface area (Å²) in [5, 5.41) is 0. The zero-order valence-electron chi connectivity index (χ0n) is 15.1. The number of sulfonamides is 1. The van der Waals surface area contributed by atoms with E-state index in [1.807, 2.05) is 6.07 Å². The van der Waals surface area contributed by atoms with Crippen molar-refractivity contribution in [1.29, 1.82) is 0 Å². The number of rotatable bonds is 8. The monoisotopic (exact) mass is 413 g/mol. The molecule has 0 saturated carbocycles. The van der Waals surface area contributed by atoms with E-state index in [4.69, 9.17) is 9.15 Å². The Bertz CT molecular complexity index is 977. The predicted molar refractivity (Wildman–Crippen MR) is 101 cm³/mol. The van der Waals surface area contributed by atoms with Gasteiger partial charge in [0.15, 0.2) is 9.84 Å². The summed E-state index contributed by atoms with van der Waals surface area (Å²) in [7, 11) is -6.78. The number of ether oxygens (including phenoxy) is 1. The molecule has 1 N–H and O–H groups in total. The number of nitrogens with one attached hydrogen (secondary N) is 1. The van der Waals surface area contributed by atoms with E-state index in [0.29, 0.717) is 5.75 Å². The number of furan rings is 1. The molecule has 0 aliphatic heterocycles. The fourth-order valence-electron chi connectivity index (χ4n) is 3.01. The van der Waals surface area contributed by atoms with Crippen molar-refractivity contribution >= 4 is 19.9 Å². The number of benzene rings is 1. The van der Waals surface area contributed by atoms with Crippen molar-refractivity contribution in [2.45, 2.75) is 37.1 Å². The van der Waals surface area contributed by atoms with E-state index in [1.165, 1.54) is 24.3 Å². The second kappa shape index (κ2) is 8.04. The largest absolute Gasteiger partial charge is 0.493 e. The SMILES string of the molecule is CCS(=O)(=O)CCOc1ccc(S(=O)(=O)NC2CCCc3occc32)cc1. The van der Waals surface area contributed by atoms with Gasteiger partial charge in [-0.25, -0.2) is 21.6 Å². The van der Waals surface area contributed by atoms with Gasteiger partial charge in [-0.1, -0.05) is 6.92 Å². The van der Waals surface area contributed by atoms with Crippen LogP contribution >= 0.6 is 0 Å². The van der Waals surface area contributed by atoms with E-state index in [0.717, 1.165) is 30.6 Å². The lowest BCUT2D eigenvalue weighted by molar-refractivity contribution is 0.340. The average Bonchev–Trinajstić information content (AvgIpc) is 3.12. The number of hydrogen-bond acceptors (Lipinski definition) is 6. The van der Waals surface area contributed by atoms with Gasteiger partial charge < -0.3 is 9.15 Å². The summed E-state index contributed by atoms with van der Waals surface area (Å²) in [5.41, 5.74) is 0.891. The first-order chi connectivity index (χ1) is 12.8. The van der Waals surface area contributed by atoms with Crippen LogP contribution in [-0.2, 0) is 26.3 Å². The summed E-state index contributed by atoms with van der Waals surface area (Å²) in [6.45, 7) is 1.62. The summed E-state index contributed by atoms with van der Waals surface area (Å²) < 4.78 is 61.8. The Balaban J connectivity index is 1.64. The van der Waals surface area contributed by atoms with Gasteiger partial charge >= 0.3 is 0 Å². The van der Waals surface area contributed by atoms with Gasteiger partial charge in [0.05, 0.1) is 23.0 Å². The highest BCUT2D eigenvalue weighted by Gasteiger charge is 2.27. The highest BCUT2D eigenvalue weighted by Crippen LogP contribution is 2.31. The Morgan fingerprint density at radius 3 is 2.59 bits per heavy atom. The molecule has 0 saturated heterocycles. The van der Waals surface area contributed by atoms with Crippen LogP contribution in [0, 0.1) is 0 Å². The van der Waals surface area contributed by atoms with Crippen LogP contribution in [-0.4, -0.2) is 34.9 Å². The zero-order chi connectivity index (χ0) is 19.5. The second-order valence-electron chi connectivity index (χ2n) is 6.42. The van der Waals surface area contributed by atoms with Gasteiger partial charge in [0.25, 0.3) is 0 Å². The van der Waals surface area contributed by atoms with Gasteiger partial charge in [-0.15, -0.1) is 0 Å². The van der Waals surface area contributed by atoms with E-state index in [9.17, 15) is 16.8 Å². The van der Waals surface area contributed by atoms with Gasteiger partial charge in [-0.3, -0.25) is 0 Å². The van der Waals surface area contributed by atoms with E-state index >= 15 is 0 Å². The van der Waals surface area contributed by atoms with Crippen LogP contribution < -0.4 is 9.46 Å². The van der Waals surface area contributed by atoms with Gasteiger partial charge in [0.2, 0.25) is 10.0 Å². The lowest BCUT2D eigenvalue weighted by Crippen LogP contribution is -2.30. The van der Waals surface area contributed by atoms with Crippen LogP contribution in [0.15, 0.2) is 45.9 Å². The molecule has 1 heterocycles. The number of sulfone groups is 1. The molecule has 1 aliphatic carbocycles. The van der Waals surface area contributed by atoms with Gasteiger partial charge in [0.1, 0.15) is 18.1 Å². The van der Waals surface area contributed by atoms with Gasteiger partial charge in [-0.05, 0) is 43.2 Å². The molecule has 0 amide bonds. The third-order valence-corrected chi connectivity index (χ3v) is 7.74. The van der Waals surface area contributed by atoms with Crippen molar-refractivity contribution in [2.24, 2.45) is 0 Å². The molecule has 3 rings (SSSR count). The van der Waals surface area contributed by atoms with E-state index in [2.05, 4.69) is 4.72 Å². The molecule has 1 atom stereocenters. The molecule has 0 bridgehead atoms. The highest BCUT2D eigenvalue weighted by atomic mass is 32.2. The molecule has 148 valence electrons. The minimum atomic E-state index is -3.69. The quantitative estimate of drug-likeness (QED) is 0.713. The van der Waals surface area contributed by atoms with Gasteiger partial charge in [-0.2, -0.15) is 0 Å². The van der Waals surface area contributed by atoms with Crippen molar-refractivity contribution in [1.82, 2.24) is 4.72 Å². The maximum Gasteiger partial charge on any atom is 0.241 e. The standard InChI is InChI=1S/C18H23NO6S2/c1-2-26(20,21)13-12-24-14-6-8-15(9-7-14)27(22,23)19-17-4-3-5-18-16(17)10-11-25-18/h6-11,17,19H,2-5,12-13H2,1H3. The molecule has 27 heavy (non-hydrogen) atoms. The van der Waals surface area contributed by atoms with Crippen LogP contribution in [0.5, 0.6) is 5.75 Å². The Kier molecular flexibility index (Phi) is 5.92. The summed E-state index contributed by atoms with van der Waals surface area (Å²) >= 11 is 0. The first-order valence-electron chi connectivity index (χ1n) is 8.82. The first-order valence-corrected chi connectivity index (χ1v) is 12.1. The number of aryl methyl sites for hydroxylation is 1. The molecule has 2 aromatic rings. The van der Waals surface area contributed by atoms with E-state index in [1.54, 1.807) is 13.2 Å². The Morgan fingerprint density at radius 1 is 1.15 bits per heavy atom. The summed E-state index contributed by atoms with van der Waals surface area (Å²) in [6.07, 6.45) is 3.99. The lowest BCUT2D eigenvalue weighted by atomic mass is 9.94. The second-order valence-corrected chi connectivity index (χ2v) is 10.6. The zero-order valence-corrected chi connectivity index (χ0v) is 16.7. The van der Waals surface area contributed by atoms with Crippen LogP contribution in [0.25, 0.3) is 0 Å². The Hall–Kier alpha value is -1.84. The average molecular weight is 414 g/mol. The predicted octanol–water partition coefficient (Wildman–Crippen LogP) is 2.45. The Labute approximate surface area is 159 Å². The molecule has 0 spiro atoms. The summed E-state index contributed by atoms with van der Waals surface area (Å²) in [4.78, 5) is 0.131. The molecule has 9 heteroatoms. The van der Waals surface area contributed by atoms with Crippen molar-refractivity contribution in [3.63, 3.8) is 0 Å². The molecule has 1 aromatic heterocycles. The van der Waals surface area contributed by atoms with Crippen molar-refractivity contribution in [2.75, 3.05) is 18.1 Å². The molecular formula is C18H23NO6S2. The van der Waals surface area contributed by atoms with Crippen LogP contribution in [0.3, 0.4) is 0 Å². The van der Waals surface area contributed by atoms with Crippen molar-refractivity contribution < 1.29 is 26.0 Å². The number of fused-ring (bicyclic) bond motifs is 1. The molecule has 1 unspecified atom stereocenters. The van der Waals surface area contributed by atoms with Gasteiger partial charge in [0, 0.05) is 17.7 Å². The fraction of sp³-hybridized carbons (Fsp3) is 0.444. The van der Waals surface area contributed by atoms with Crippen LogP contribution in [0.2, 0.25) is 0 Å². The van der Waals surface area contributed by atoms with E-state index < -0.39 is 19.9 Å². The lowest BCUT2D eigenvalue weighted by Gasteiger charge is -2.22. The molecule has 0 radical (unpaired) electrons. The first kappa shape index (κ1) is 19.9. The third-order valence-electron chi connectivity index (χ3n) is 4.59. The topological polar surface area (TPSA) is 103 Å². The normalized spacial score (nSPS) is 17.4. The smallest absolute Gasteiger partial charge is 0.241 e. The minimum Gasteiger partial charge on any atom is -0.493 e. The van der Waals surface area contributed by atoms with Crippen LogP contribution in [0.4, 0.5) is 0 Å². The summed E-state index contributed by atoms with van der Waals surface area (Å²) in [6, 6.07) is 7.46. The van der Waals surface area contributed by atoms with Crippen LogP contribution in [0.1, 0.15) is 37.1 Å². The maximum absolute atomic E-state index is 12.7. The molecule has 1 aliphatic rings. The third kappa shape index (κ3) is 4.91. The molecule has 1 aromatic carbocycles. The van der Waals surface area contributed by atoms with E-state index in [-0.39, 0.29) is 29.0 Å². The molecule has 7 nitrogen and oxygen atoms in total. The van der Waals surface area contributed by atoms with Crippen molar-refractivity contribution in [3.8, 4) is 5.75 Å². The highest BCUT2D eigenvalue weighted by molar-refractivity contribution is 7.91. The molecule has 0 fully saturated rings. The number of hydrogen-bond donors (Lipinski definition) is 1. The molecular weight excluding hydrogens is 390 g/mol.